The van der Waals surface area contributed by atoms with E-state index in [1.807, 2.05) is 19.2 Å². The molecule has 0 atom stereocenters. The molecular formula is C15H20N2O. The molecular weight excluding hydrogens is 224 g/mol. The van der Waals surface area contributed by atoms with Crippen LogP contribution in [0, 0.1) is 0 Å². The zero-order valence-corrected chi connectivity index (χ0v) is 11.1. The number of aromatic nitrogens is 1. The van der Waals surface area contributed by atoms with Crippen LogP contribution >= 0.6 is 0 Å². The first kappa shape index (κ1) is 12.8. The molecule has 1 N–H and O–H groups in total. The number of fused-ring (bicyclic) bond motifs is 1. The minimum Gasteiger partial charge on any atom is -0.494 e. The number of benzene rings is 1. The van der Waals surface area contributed by atoms with Crippen LogP contribution in [-0.4, -0.2) is 18.6 Å². The largest absolute Gasteiger partial charge is 0.494 e. The maximum absolute atomic E-state index is 5.69. The highest BCUT2D eigenvalue weighted by Gasteiger charge is 2.00. The van der Waals surface area contributed by atoms with Gasteiger partial charge in [0.25, 0.3) is 0 Å². The van der Waals surface area contributed by atoms with E-state index in [0.29, 0.717) is 0 Å². The molecule has 2 rings (SSSR count). The highest BCUT2D eigenvalue weighted by molar-refractivity contribution is 5.80. The van der Waals surface area contributed by atoms with Crippen LogP contribution < -0.4 is 10.1 Å². The second-order valence-corrected chi connectivity index (χ2v) is 4.39. The van der Waals surface area contributed by atoms with Crippen LogP contribution in [0.25, 0.3) is 10.9 Å². The van der Waals surface area contributed by atoms with Gasteiger partial charge in [-0.15, -0.1) is 0 Å². The van der Waals surface area contributed by atoms with E-state index in [2.05, 4.69) is 35.4 Å². The lowest BCUT2D eigenvalue weighted by molar-refractivity contribution is 0.310. The van der Waals surface area contributed by atoms with Gasteiger partial charge in [-0.2, -0.15) is 0 Å². The summed E-state index contributed by atoms with van der Waals surface area (Å²) in [5.41, 5.74) is 2.08. The number of hydrogen-bond donors (Lipinski definition) is 1. The summed E-state index contributed by atoms with van der Waals surface area (Å²) >= 11 is 0. The average Bonchev–Trinajstić information content (AvgIpc) is 2.39. The van der Waals surface area contributed by atoms with E-state index in [0.717, 1.165) is 48.3 Å². The maximum Gasteiger partial charge on any atom is 0.120 e. The van der Waals surface area contributed by atoms with E-state index < -0.39 is 0 Å². The summed E-state index contributed by atoms with van der Waals surface area (Å²) in [4.78, 5) is 4.58. The van der Waals surface area contributed by atoms with Crippen LogP contribution in [0.1, 0.15) is 25.5 Å². The Kier molecular flexibility index (Phi) is 4.53. The lowest BCUT2D eigenvalue weighted by atomic mass is 10.2. The number of ether oxygens (including phenoxy) is 1. The molecule has 1 aromatic heterocycles. The van der Waals surface area contributed by atoms with Gasteiger partial charge in [0.2, 0.25) is 0 Å². The summed E-state index contributed by atoms with van der Waals surface area (Å²) in [5, 5.41) is 4.24. The standard InChI is InChI=1S/C15H20N2O/c1-3-4-9-18-14-7-8-15-12(10-14)5-6-13(17-15)11-16-2/h5-8,10,16H,3-4,9,11H2,1-2H3. The minimum absolute atomic E-state index is 0.785. The lowest BCUT2D eigenvalue weighted by Crippen LogP contribution is -2.06. The first-order chi connectivity index (χ1) is 8.83. The number of nitrogens with one attached hydrogen (secondary N) is 1. The highest BCUT2D eigenvalue weighted by Crippen LogP contribution is 2.20. The van der Waals surface area contributed by atoms with Gasteiger partial charge in [0.05, 0.1) is 17.8 Å². The number of hydrogen-bond acceptors (Lipinski definition) is 3. The van der Waals surface area contributed by atoms with Gasteiger partial charge in [-0.25, -0.2) is 0 Å². The molecule has 0 fully saturated rings. The summed E-state index contributed by atoms with van der Waals surface area (Å²) in [6, 6.07) is 10.2. The van der Waals surface area contributed by atoms with Gasteiger partial charge in [-0.1, -0.05) is 19.4 Å². The molecule has 1 heterocycles. The second-order valence-electron chi connectivity index (χ2n) is 4.39. The zero-order valence-electron chi connectivity index (χ0n) is 11.1. The molecule has 0 saturated heterocycles. The monoisotopic (exact) mass is 244 g/mol. The zero-order chi connectivity index (χ0) is 12.8. The minimum atomic E-state index is 0.785. The Morgan fingerprint density at radius 2 is 2.11 bits per heavy atom. The Hall–Kier alpha value is -1.61. The number of nitrogens with zero attached hydrogens (tertiary/aromatic N) is 1. The number of rotatable bonds is 6. The summed E-state index contributed by atoms with van der Waals surface area (Å²) < 4.78 is 5.69. The SMILES string of the molecule is CCCCOc1ccc2nc(CNC)ccc2c1. The molecule has 1 aromatic carbocycles. The number of pyridine rings is 1. The molecule has 0 aliphatic rings. The smallest absolute Gasteiger partial charge is 0.120 e. The van der Waals surface area contributed by atoms with Crippen LogP contribution in [0.5, 0.6) is 5.75 Å². The normalized spacial score (nSPS) is 10.8. The van der Waals surface area contributed by atoms with Crippen LogP contribution in [0.4, 0.5) is 0 Å². The van der Waals surface area contributed by atoms with Crippen molar-refractivity contribution >= 4 is 10.9 Å². The van der Waals surface area contributed by atoms with Crippen LogP contribution in [-0.2, 0) is 6.54 Å². The van der Waals surface area contributed by atoms with Crippen molar-refractivity contribution in [2.24, 2.45) is 0 Å². The first-order valence-corrected chi connectivity index (χ1v) is 6.50. The molecule has 2 aromatic rings. The molecule has 0 unspecified atom stereocenters. The fourth-order valence-electron chi connectivity index (χ4n) is 1.85. The third kappa shape index (κ3) is 3.20. The summed E-state index contributed by atoms with van der Waals surface area (Å²) in [6.45, 7) is 3.74. The fourth-order valence-corrected chi connectivity index (χ4v) is 1.85. The Balaban J connectivity index is 2.16. The van der Waals surface area contributed by atoms with Crippen LogP contribution in [0.15, 0.2) is 30.3 Å². The molecule has 0 aliphatic carbocycles. The second kappa shape index (κ2) is 6.36. The Bertz CT molecular complexity index is 511. The molecule has 0 spiro atoms. The van der Waals surface area contributed by atoms with E-state index >= 15 is 0 Å². The quantitative estimate of drug-likeness (QED) is 0.793. The van der Waals surface area contributed by atoms with E-state index in [1.165, 1.54) is 0 Å². The molecule has 18 heavy (non-hydrogen) atoms. The van der Waals surface area contributed by atoms with Crippen molar-refractivity contribution in [1.29, 1.82) is 0 Å². The number of unbranched alkanes of at least 4 members (excludes halogenated alkanes) is 1. The first-order valence-electron chi connectivity index (χ1n) is 6.50. The predicted molar refractivity (Wildman–Crippen MR) is 74.9 cm³/mol. The average molecular weight is 244 g/mol. The van der Waals surface area contributed by atoms with Crippen molar-refractivity contribution in [2.75, 3.05) is 13.7 Å². The molecule has 3 heteroatoms. The summed E-state index contributed by atoms with van der Waals surface area (Å²) in [6.07, 6.45) is 2.25. The Morgan fingerprint density at radius 3 is 2.89 bits per heavy atom. The van der Waals surface area contributed by atoms with E-state index in [4.69, 9.17) is 4.74 Å². The van der Waals surface area contributed by atoms with E-state index in [1.54, 1.807) is 0 Å². The summed E-state index contributed by atoms with van der Waals surface area (Å²) in [5.74, 6) is 0.930. The third-order valence-corrected chi connectivity index (χ3v) is 2.84. The topological polar surface area (TPSA) is 34.1 Å². The molecule has 3 nitrogen and oxygen atoms in total. The Morgan fingerprint density at radius 1 is 1.22 bits per heavy atom. The van der Waals surface area contributed by atoms with Crippen molar-refractivity contribution < 1.29 is 4.74 Å². The van der Waals surface area contributed by atoms with Crippen LogP contribution in [0.3, 0.4) is 0 Å². The maximum atomic E-state index is 5.69. The highest BCUT2D eigenvalue weighted by atomic mass is 16.5. The van der Waals surface area contributed by atoms with Crippen molar-refractivity contribution in [1.82, 2.24) is 10.3 Å². The molecule has 0 radical (unpaired) electrons. The van der Waals surface area contributed by atoms with E-state index in [9.17, 15) is 0 Å². The molecule has 0 amide bonds. The van der Waals surface area contributed by atoms with E-state index in [-0.39, 0.29) is 0 Å². The fraction of sp³-hybridized carbons (Fsp3) is 0.400. The molecule has 0 saturated carbocycles. The lowest BCUT2D eigenvalue weighted by Gasteiger charge is -2.07. The van der Waals surface area contributed by atoms with Crippen molar-refractivity contribution in [3.05, 3.63) is 36.0 Å². The third-order valence-electron chi connectivity index (χ3n) is 2.84. The van der Waals surface area contributed by atoms with Crippen molar-refractivity contribution in [3.8, 4) is 5.75 Å². The van der Waals surface area contributed by atoms with Gasteiger partial charge in [-0.3, -0.25) is 4.98 Å². The van der Waals surface area contributed by atoms with Gasteiger partial charge >= 0.3 is 0 Å². The predicted octanol–water partition coefficient (Wildman–Crippen LogP) is 3.13. The van der Waals surface area contributed by atoms with Crippen LogP contribution in [0.2, 0.25) is 0 Å². The van der Waals surface area contributed by atoms with Crippen molar-refractivity contribution in [2.45, 2.75) is 26.3 Å². The van der Waals surface area contributed by atoms with Crippen molar-refractivity contribution in [3.63, 3.8) is 0 Å². The van der Waals surface area contributed by atoms with Gasteiger partial charge in [0, 0.05) is 11.9 Å². The van der Waals surface area contributed by atoms with Gasteiger partial charge < -0.3 is 10.1 Å². The molecule has 96 valence electrons. The van der Waals surface area contributed by atoms with Gasteiger partial charge in [-0.05, 0) is 37.7 Å². The molecule has 0 bridgehead atoms. The Labute approximate surface area is 108 Å². The summed E-state index contributed by atoms with van der Waals surface area (Å²) in [7, 11) is 1.93. The van der Waals surface area contributed by atoms with Gasteiger partial charge in [0.1, 0.15) is 5.75 Å². The van der Waals surface area contributed by atoms with Gasteiger partial charge in [0.15, 0.2) is 0 Å². The molecule has 0 aliphatic heterocycles.